The molecule has 0 saturated carbocycles. The molecule has 0 aromatic heterocycles. The van der Waals surface area contributed by atoms with Crippen LogP contribution in [-0.4, -0.2) is 55.0 Å². The van der Waals surface area contributed by atoms with Crippen molar-refractivity contribution in [1.29, 1.82) is 0 Å². The van der Waals surface area contributed by atoms with Gasteiger partial charge in [0.15, 0.2) is 0 Å². The highest BCUT2D eigenvalue weighted by Gasteiger charge is 2.16. The van der Waals surface area contributed by atoms with Crippen LogP contribution in [0.1, 0.15) is 67.8 Å². The largest absolute Gasteiger partial charge is 0.352 e. The van der Waals surface area contributed by atoms with Crippen LogP contribution in [0.3, 0.4) is 0 Å². The number of nitrogens with zero attached hydrogens (tertiary/aromatic N) is 2. The molecule has 4 heteroatoms. The monoisotopic (exact) mass is 371 g/mol. The molecule has 1 amide bonds. The number of hydrogen-bond acceptors (Lipinski definition) is 3. The number of carbonyl (C=O) groups excluding carboxylic acids is 1. The van der Waals surface area contributed by atoms with Gasteiger partial charge in [0.2, 0.25) is 0 Å². The molecule has 2 saturated heterocycles. The van der Waals surface area contributed by atoms with Gasteiger partial charge < -0.3 is 10.2 Å². The van der Waals surface area contributed by atoms with Crippen LogP contribution in [-0.2, 0) is 6.54 Å². The molecule has 1 N–H and O–H groups in total. The van der Waals surface area contributed by atoms with Gasteiger partial charge in [0.05, 0.1) is 0 Å². The number of likely N-dealkylation sites (tertiary alicyclic amines) is 2. The third-order valence-electron chi connectivity index (χ3n) is 6.00. The van der Waals surface area contributed by atoms with Gasteiger partial charge >= 0.3 is 0 Å². The second-order valence-corrected chi connectivity index (χ2v) is 8.54. The lowest BCUT2D eigenvalue weighted by Gasteiger charge is -2.30. The standard InChI is InChI=1S/C23H37N3O/c1-20-8-6-16-26(18-20)19-21-9-11-22(12-10-21)23(27)24-13-7-17-25-14-4-2-3-5-15-25/h9-12,20H,2-8,13-19H2,1H3,(H,24,27)/t20-/m1/s1. The van der Waals surface area contributed by atoms with Gasteiger partial charge in [0.1, 0.15) is 0 Å². The molecule has 0 aliphatic carbocycles. The summed E-state index contributed by atoms with van der Waals surface area (Å²) in [5.41, 5.74) is 2.09. The van der Waals surface area contributed by atoms with Crippen molar-refractivity contribution in [2.75, 3.05) is 39.3 Å². The van der Waals surface area contributed by atoms with E-state index in [1.54, 1.807) is 0 Å². The van der Waals surface area contributed by atoms with Crippen molar-refractivity contribution >= 4 is 5.91 Å². The Morgan fingerprint density at radius 3 is 2.41 bits per heavy atom. The van der Waals surface area contributed by atoms with E-state index in [-0.39, 0.29) is 5.91 Å². The van der Waals surface area contributed by atoms with Gasteiger partial charge in [0.25, 0.3) is 5.91 Å². The van der Waals surface area contributed by atoms with Crippen LogP contribution in [0.2, 0.25) is 0 Å². The number of carbonyl (C=O) groups is 1. The van der Waals surface area contributed by atoms with Crippen LogP contribution in [0.5, 0.6) is 0 Å². The molecule has 4 nitrogen and oxygen atoms in total. The lowest BCUT2D eigenvalue weighted by molar-refractivity contribution is 0.0951. The zero-order valence-electron chi connectivity index (χ0n) is 17.1. The summed E-state index contributed by atoms with van der Waals surface area (Å²) in [4.78, 5) is 17.4. The summed E-state index contributed by atoms with van der Waals surface area (Å²) in [7, 11) is 0. The average Bonchev–Trinajstić information content (AvgIpc) is 2.94. The molecule has 150 valence electrons. The fourth-order valence-electron chi connectivity index (χ4n) is 4.42. The SMILES string of the molecule is C[C@@H]1CCCN(Cc2ccc(C(=O)NCCCN3CCCCCC3)cc2)C1. The van der Waals surface area contributed by atoms with E-state index in [9.17, 15) is 4.79 Å². The Hall–Kier alpha value is -1.39. The number of piperidine rings is 1. The first kappa shape index (κ1) is 20.3. The van der Waals surface area contributed by atoms with Crippen molar-refractivity contribution in [3.05, 3.63) is 35.4 Å². The Balaban J connectivity index is 1.37. The van der Waals surface area contributed by atoms with Crippen molar-refractivity contribution in [3.8, 4) is 0 Å². The van der Waals surface area contributed by atoms with Crippen LogP contribution in [0.15, 0.2) is 24.3 Å². The topological polar surface area (TPSA) is 35.6 Å². The minimum atomic E-state index is 0.0593. The first-order valence-electron chi connectivity index (χ1n) is 11.0. The molecule has 3 rings (SSSR count). The maximum atomic E-state index is 12.4. The lowest BCUT2D eigenvalue weighted by atomic mass is 9.99. The van der Waals surface area contributed by atoms with Crippen LogP contribution in [0, 0.1) is 5.92 Å². The number of hydrogen-bond donors (Lipinski definition) is 1. The fraction of sp³-hybridized carbons (Fsp3) is 0.696. The van der Waals surface area contributed by atoms with E-state index >= 15 is 0 Å². The van der Waals surface area contributed by atoms with Gasteiger partial charge in [-0.25, -0.2) is 0 Å². The highest BCUT2D eigenvalue weighted by Crippen LogP contribution is 2.18. The number of benzene rings is 1. The number of nitrogens with one attached hydrogen (secondary N) is 1. The lowest BCUT2D eigenvalue weighted by Crippen LogP contribution is -2.33. The second kappa shape index (κ2) is 10.8. The van der Waals surface area contributed by atoms with Crippen LogP contribution < -0.4 is 5.32 Å². The molecule has 2 aliphatic heterocycles. The van der Waals surface area contributed by atoms with Crippen LogP contribution >= 0.6 is 0 Å². The molecule has 0 spiro atoms. The Bertz CT molecular complexity index is 563. The van der Waals surface area contributed by atoms with Crippen molar-refractivity contribution in [1.82, 2.24) is 15.1 Å². The Kier molecular flexibility index (Phi) is 8.15. The van der Waals surface area contributed by atoms with Gasteiger partial charge in [0, 0.05) is 25.2 Å². The Labute approximate surface area is 165 Å². The maximum Gasteiger partial charge on any atom is 0.251 e. The summed E-state index contributed by atoms with van der Waals surface area (Å²) in [6.45, 7) is 10.1. The summed E-state index contributed by atoms with van der Waals surface area (Å²) in [6, 6.07) is 8.19. The second-order valence-electron chi connectivity index (χ2n) is 8.54. The summed E-state index contributed by atoms with van der Waals surface area (Å²) in [6.07, 6.45) is 9.10. The van der Waals surface area contributed by atoms with Crippen LogP contribution in [0.25, 0.3) is 0 Å². The smallest absolute Gasteiger partial charge is 0.251 e. The molecule has 0 radical (unpaired) electrons. The van der Waals surface area contributed by atoms with Gasteiger partial charge in [-0.2, -0.15) is 0 Å². The first-order valence-corrected chi connectivity index (χ1v) is 11.0. The Morgan fingerprint density at radius 2 is 1.70 bits per heavy atom. The molecule has 1 aromatic carbocycles. The fourth-order valence-corrected chi connectivity index (χ4v) is 4.42. The third-order valence-corrected chi connectivity index (χ3v) is 6.00. The van der Waals surface area contributed by atoms with Crippen LogP contribution in [0.4, 0.5) is 0 Å². The zero-order chi connectivity index (χ0) is 18.9. The molecule has 2 aliphatic rings. The molecule has 0 unspecified atom stereocenters. The Morgan fingerprint density at radius 1 is 1.00 bits per heavy atom. The minimum Gasteiger partial charge on any atom is -0.352 e. The predicted molar refractivity (Wildman–Crippen MR) is 112 cm³/mol. The van der Waals surface area contributed by atoms with Crippen molar-refractivity contribution < 1.29 is 4.79 Å². The normalized spacial score (nSPS) is 22.3. The van der Waals surface area contributed by atoms with E-state index in [0.717, 1.165) is 37.5 Å². The zero-order valence-corrected chi connectivity index (χ0v) is 17.1. The third kappa shape index (κ3) is 6.93. The van der Waals surface area contributed by atoms with Gasteiger partial charge in [-0.15, -0.1) is 0 Å². The van der Waals surface area contributed by atoms with Crippen molar-refractivity contribution in [3.63, 3.8) is 0 Å². The molecular weight excluding hydrogens is 334 g/mol. The van der Waals surface area contributed by atoms with E-state index in [1.165, 1.54) is 70.3 Å². The molecule has 2 fully saturated rings. The molecular formula is C23H37N3O. The summed E-state index contributed by atoms with van der Waals surface area (Å²) in [5, 5.41) is 3.08. The van der Waals surface area contributed by atoms with Gasteiger partial charge in [-0.05, 0) is 81.9 Å². The van der Waals surface area contributed by atoms with E-state index in [2.05, 4.69) is 34.2 Å². The minimum absolute atomic E-state index is 0.0593. The summed E-state index contributed by atoms with van der Waals surface area (Å²) in [5.74, 6) is 0.863. The molecule has 2 heterocycles. The van der Waals surface area contributed by atoms with Crippen molar-refractivity contribution in [2.24, 2.45) is 5.92 Å². The van der Waals surface area contributed by atoms with E-state index < -0.39 is 0 Å². The molecule has 0 bridgehead atoms. The van der Waals surface area contributed by atoms with E-state index in [1.807, 2.05) is 12.1 Å². The quantitative estimate of drug-likeness (QED) is 0.738. The van der Waals surface area contributed by atoms with E-state index in [4.69, 9.17) is 0 Å². The number of amides is 1. The molecule has 1 atom stereocenters. The predicted octanol–water partition coefficient (Wildman–Crippen LogP) is 3.91. The first-order chi connectivity index (χ1) is 13.2. The number of rotatable bonds is 7. The summed E-state index contributed by atoms with van der Waals surface area (Å²) >= 11 is 0. The highest BCUT2D eigenvalue weighted by molar-refractivity contribution is 5.94. The average molecular weight is 372 g/mol. The molecule has 1 aromatic rings. The van der Waals surface area contributed by atoms with Gasteiger partial charge in [-0.3, -0.25) is 9.69 Å². The maximum absolute atomic E-state index is 12.4. The summed E-state index contributed by atoms with van der Waals surface area (Å²) < 4.78 is 0. The molecule has 27 heavy (non-hydrogen) atoms. The van der Waals surface area contributed by atoms with Gasteiger partial charge in [-0.1, -0.05) is 31.9 Å². The highest BCUT2D eigenvalue weighted by atomic mass is 16.1. The van der Waals surface area contributed by atoms with Crippen molar-refractivity contribution in [2.45, 2.75) is 58.4 Å². The van der Waals surface area contributed by atoms with E-state index in [0.29, 0.717) is 0 Å².